The molecule has 1 N–H and O–H groups in total. The van der Waals surface area contributed by atoms with Crippen molar-refractivity contribution in [2.24, 2.45) is 0 Å². The highest BCUT2D eigenvalue weighted by Crippen LogP contribution is 2.20. The zero-order valence-electron chi connectivity index (χ0n) is 12.7. The number of carbonyl (C=O) groups excluding carboxylic acids is 1. The van der Waals surface area contributed by atoms with Crippen LogP contribution in [0, 0.1) is 0 Å². The number of carbonyl (C=O) groups is 1. The first-order chi connectivity index (χ1) is 11.1. The van der Waals surface area contributed by atoms with Crippen LogP contribution in [0.5, 0.6) is 0 Å². The van der Waals surface area contributed by atoms with Crippen LogP contribution in [0.3, 0.4) is 0 Å². The lowest BCUT2D eigenvalue weighted by Crippen LogP contribution is -2.40. The number of nitrogens with one attached hydrogen (secondary N) is 1. The first-order valence-electron chi connectivity index (χ1n) is 7.65. The predicted octanol–water partition coefficient (Wildman–Crippen LogP) is 0.209. The molecule has 3 rings (SSSR count). The summed E-state index contributed by atoms with van der Waals surface area (Å²) in [5.74, 6) is -0.459. The summed E-state index contributed by atoms with van der Waals surface area (Å²) in [6, 6.07) is 2.68. The van der Waals surface area contributed by atoms with Gasteiger partial charge in [0.2, 0.25) is 5.09 Å². The molecule has 0 saturated carbocycles. The Hall–Kier alpha value is -1.42. The second kappa shape index (κ2) is 7.00. The van der Waals surface area contributed by atoms with Crippen LogP contribution < -0.4 is 5.32 Å². The largest absolute Gasteiger partial charge is 0.438 e. The standard InChI is InChI=1S/C14H20N2O6S/c17-14(15-10-11-2-1-7-21-11)12-3-4-13(22-12)23(18,19)16-5-8-20-9-6-16/h3-4,11H,1-2,5-10H2,(H,15,17). The van der Waals surface area contributed by atoms with Gasteiger partial charge in [0.1, 0.15) is 0 Å². The van der Waals surface area contributed by atoms with Crippen molar-refractivity contribution < 1.29 is 27.1 Å². The topological polar surface area (TPSA) is 98.1 Å². The average molecular weight is 344 g/mol. The van der Waals surface area contributed by atoms with Crippen LogP contribution in [-0.4, -0.2) is 64.2 Å². The average Bonchev–Trinajstić information content (AvgIpc) is 3.25. The summed E-state index contributed by atoms with van der Waals surface area (Å²) in [4.78, 5) is 12.0. The molecule has 2 fully saturated rings. The van der Waals surface area contributed by atoms with Gasteiger partial charge < -0.3 is 19.2 Å². The van der Waals surface area contributed by atoms with Gasteiger partial charge in [0.15, 0.2) is 5.76 Å². The molecule has 0 aromatic carbocycles. The van der Waals surface area contributed by atoms with Gasteiger partial charge in [0, 0.05) is 26.2 Å². The number of morpholine rings is 1. The van der Waals surface area contributed by atoms with E-state index in [0.29, 0.717) is 26.4 Å². The highest BCUT2D eigenvalue weighted by Gasteiger charge is 2.30. The Labute approximate surface area is 134 Å². The maximum absolute atomic E-state index is 12.4. The Kier molecular flexibility index (Phi) is 5.00. The van der Waals surface area contributed by atoms with E-state index in [-0.39, 0.29) is 30.0 Å². The number of nitrogens with zero attached hydrogens (tertiary/aromatic N) is 1. The summed E-state index contributed by atoms with van der Waals surface area (Å²) < 4.78 is 41.9. The predicted molar refractivity (Wildman–Crippen MR) is 79.6 cm³/mol. The molecule has 1 aromatic heterocycles. The minimum absolute atomic E-state index is 0.0187. The SMILES string of the molecule is O=C(NCC1CCCO1)c1ccc(S(=O)(=O)N2CCOCC2)o1. The van der Waals surface area contributed by atoms with Crippen molar-refractivity contribution in [1.29, 1.82) is 0 Å². The van der Waals surface area contributed by atoms with Crippen molar-refractivity contribution >= 4 is 15.9 Å². The summed E-state index contributed by atoms with van der Waals surface area (Å²) in [7, 11) is -3.72. The van der Waals surface area contributed by atoms with Gasteiger partial charge in [-0.25, -0.2) is 8.42 Å². The monoisotopic (exact) mass is 344 g/mol. The van der Waals surface area contributed by atoms with E-state index >= 15 is 0 Å². The van der Waals surface area contributed by atoms with E-state index in [9.17, 15) is 13.2 Å². The molecule has 3 heterocycles. The van der Waals surface area contributed by atoms with Crippen molar-refractivity contribution in [3.8, 4) is 0 Å². The second-order valence-electron chi connectivity index (χ2n) is 5.48. The van der Waals surface area contributed by atoms with Crippen molar-refractivity contribution in [1.82, 2.24) is 9.62 Å². The highest BCUT2D eigenvalue weighted by atomic mass is 32.2. The maximum atomic E-state index is 12.4. The van der Waals surface area contributed by atoms with Crippen molar-refractivity contribution in [3.63, 3.8) is 0 Å². The molecule has 8 nitrogen and oxygen atoms in total. The molecule has 128 valence electrons. The molecule has 2 saturated heterocycles. The molecule has 0 spiro atoms. The number of ether oxygens (including phenoxy) is 2. The van der Waals surface area contributed by atoms with Gasteiger partial charge in [-0.1, -0.05) is 0 Å². The molecule has 1 unspecified atom stereocenters. The molecule has 1 aromatic rings. The number of hydrogen-bond donors (Lipinski definition) is 1. The Bertz CT molecular complexity index is 644. The number of amides is 1. The minimum Gasteiger partial charge on any atom is -0.438 e. The zero-order valence-corrected chi connectivity index (χ0v) is 13.5. The van der Waals surface area contributed by atoms with Crippen molar-refractivity contribution in [2.45, 2.75) is 24.0 Å². The smallest absolute Gasteiger partial charge is 0.287 e. The molecule has 1 atom stereocenters. The molecule has 0 bridgehead atoms. The molecule has 0 radical (unpaired) electrons. The maximum Gasteiger partial charge on any atom is 0.287 e. The Morgan fingerprint density at radius 1 is 1.26 bits per heavy atom. The molecule has 23 heavy (non-hydrogen) atoms. The van der Waals surface area contributed by atoms with Crippen LogP contribution in [0.2, 0.25) is 0 Å². The lowest BCUT2D eigenvalue weighted by molar-refractivity contribution is 0.0721. The third-order valence-corrected chi connectivity index (χ3v) is 5.66. The van der Waals surface area contributed by atoms with E-state index in [0.717, 1.165) is 12.8 Å². The van der Waals surface area contributed by atoms with Crippen LogP contribution in [0.1, 0.15) is 23.4 Å². The summed E-state index contributed by atoms with van der Waals surface area (Å²) in [6.45, 7) is 2.38. The quantitative estimate of drug-likeness (QED) is 0.820. The van der Waals surface area contributed by atoms with Crippen LogP contribution in [0.4, 0.5) is 0 Å². The van der Waals surface area contributed by atoms with Gasteiger partial charge in [-0.3, -0.25) is 4.79 Å². The first-order valence-corrected chi connectivity index (χ1v) is 9.09. The van der Waals surface area contributed by atoms with Crippen LogP contribution >= 0.6 is 0 Å². The lowest BCUT2D eigenvalue weighted by Gasteiger charge is -2.24. The fourth-order valence-electron chi connectivity index (χ4n) is 2.59. The van der Waals surface area contributed by atoms with E-state index in [1.165, 1.54) is 16.4 Å². The zero-order chi connectivity index (χ0) is 16.3. The van der Waals surface area contributed by atoms with Crippen LogP contribution in [0.25, 0.3) is 0 Å². The molecule has 0 aliphatic carbocycles. The van der Waals surface area contributed by atoms with Crippen molar-refractivity contribution in [2.75, 3.05) is 39.5 Å². The first kappa shape index (κ1) is 16.4. The number of rotatable bonds is 5. The van der Waals surface area contributed by atoms with Gasteiger partial charge >= 0.3 is 0 Å². The van der Waals surface area contributed by atoms with Gasteiger partial charge in [-0.15, -0.1) is 0 Å². The van der Waals surface area contributed by atoms with E-state index in [1.54, 1.807) is 0 Å². The third kappa shape index (κ3) is 3.74. The van der Waals surface area contributed by atoms with Crippen LogP contribution in [0.15, 0.2) is 21.6 Å². The normalized spacial score (nSPS) is 23.0. The van der Waals surface area contributed by atoms with E-state index < -0.39 is 15.9 Å². The van der Waals surface area contributed by atoms with Gasteiger partial charge in [-0.2, -0.15) is 4.31 Å². The van der Waals surface area contributed by atoms with Crippen molar-refractivity contribution in [3.05, 3.63) is 17.9 Å². The fraction of sp³-hybridized carbons (Fsp3) is 0.643. The highest BCUT2D eigenvalue weighted by molar-refractivity contribution is 7.89. The molecular weight excluding hydrogens is 324 g/mol. The molecule has 1 amide bonds. The van der Waals surface area contributed by atoms with E-state index in [1.807, 2.05) is 0 Å². The summed E-state index contributed by atoms with van der Waals surface area (Å²) >= 11 is 0. The summed E-state index contributed by atoms with van der Waals surface area (Å²) in [6.07, 6.45) is 1.92. The third-order valence-electron chi connectivity index (χ3n) is 3.88. The molecule has 2 aliphatic heterocycles. The molecule has 2 aliphatic rings. The number of hydrogen-bond acceptors (Lipinski definition) is 6. The Morgan fingerprint density at radius 3 is 2.74 bits per heavy atom. The Morgan fingerprint density at radius 2 is 2.04 bits per heavy atom. The van der Waals surface area contributed by atoms with E-state index in [2.05, 4.69) is 5.32 Å². The molecular formula is C14H20N2O6S. The summed E-state index contributed by atoms with van der Waals surface area (Å²) in [5, 5.41) is 2.48. The summed E-state index contributed by atoms with van der Waals surface area (Å²) in [5.41, 5.74) is 0. The second-order valence-corrected chi connectivity index (χ2v) is 7.35. The fourth-order valence-corrected chi connectivity index (χ4v) is 3.91. The Balaban J connectivity index is 1.63. The van der Waals surface area contributed by atoms with Crippen LogP contribution in [-0.2, 0) is 19.5 Å². The van der Waals surface area contributed by atoms with Gasteiger partial charge in [-0.05, 0) is 25.0 Å². The molecule has 9 heteroatoms. The minimum atomic E-state index is -3.72. The number of sulfonamides is 1. The number of furan rings is 1. The lowest BCUT2D eigenvalue weighted by atomic mass is 10.2. The van der Waals surface area contributed by atoms with E-state index in [4.69, 9.17) is 13.9 Å². The van der Waals surface area contributed by atoms with Gasteiger partial charge in [0.05, 0.1) is 19.3 Å². The van der Waals surface area contributed by atoms with Gasteiger partial charge in [0.25, 0.3) is 15.9 Å².